The number of fused-ring (bicyclic) bond motifs is 1. The van der Waals surface area contributed by atoms with Crippen molar-refractivity contribution in [1.29, 1.82) is 0 Å². The fraction of sp³-hybridized carbons (Fsp3) is 0.391. The van der Waals surface area contributed by atoms with E-state index >= 15 is 0 Å². The average molecular weight is 380 g/mol. The Morgan fingerprint density at radius 3 is 2.54 bits per heavy atom. The Hall–Kier alpha value is -2.82. The van der Waals surface area contributed by atoms with Crippen molar-refractivity contribution >= 4 is 23.2 Å². The lowest BCUT2D eigenvalue weighted by Gasteiger charge is -2.33. The minimum absolute atomic E-state index is 0.0557. The zero-order valence-electron chi connectivity index (χ0n) is 17.0. The Kier molecular flexibility index (Phi) is 5.73. The van der Waals surface area contributed by atoms with Crippen molar-refractivity contribution in [2.24, 2.45) is 5.41 Å². The van der Waals surface area contributed by atoms with Crippen LogP contribution in [0.15, 0.2) is 48.5 Å². The van der Waals surface area contributed by atoms with E-state index in [0.29, 0.717) is 23.7 Å². The summed E-state index contributed by atoms with van der Waals surface area (Å²) in [6.45, 7) is 7.97. The van der Waals surface area contributed by atoms with Crippen molar-refractivity contribution in [1.82, 2.24) is 0 Å². The molecule has 2 aromatic rings. The van der Waals surface area contributed by atoms with Gasteiger partial charge in [0.15, 0.2) is 6.10 Å². The molecule has 0 radical (unpaired) electrons. The number of anilines is 2. The van der Waals surface area contributed by atoms with E-state index in [1.54, 1.807) is 11.8 Å². The van der Waals surface area contributed by atoms with Gasteiger partial charge in [-0.3, -0.25) is 9.59 Å². The molecule has 0 aromatic heterocycles. The summed E-state index contributed by atoms with van der Waals surface area (Å²) < 4.78 is 5.76. The first-order valence-corrected chi connectivity index (χ1v) is 9.73. The van der Waals surface area contributed by atoms with Crippen molar-refractivity contribution in [3.63, 3.8) is 0 Å². The van der Waals surface area contributed by atoms with E-state index in [9.17, 15) is 9.59 Å². The van der Waals surface area contributed by atoms with E-state index < -0.39 is 11.5 Å². The summed E-state index contributed by atoms with van der Waals surface area (Å²) in [6.07, 6.45) is 1.23. The molecule has 2 amide bonds. The molecule has 148 valence electrons. The van der Waals surface area contributed by atoms with Gasteiger partial charge in [-0.1, -0.05) is 51.1 Å². The number of carbonyl (C=O) groups excluding carboxylic acids is 2. The summed E-state index contributed by atoms with van der Waals surface area (Å²) in [5.41, 5.74) is 2.13. The maximum Gasteiger partial charge on any atom is 0.267 e. The largest absolute Gasteiger partial charge is 0.479 e. The van der Waals surface area contributed by atoms with Crippen molar-refractivity contribution < 1.29 is 14.3 Å². The summed E-state index contributed by atoms with van der Waals surface area (Å²) in [5, 5.41) is 2.93. The standard InChI is InChI=1S/C23H28N2O3/c1-16-21(26)25(14-8-11-17-9-6-5-7-10-17)19-15-18(12-13-20(19)28-16)24-22(27)23(2,3)4/h5-7,9-10,12-13,15-16H,8,11,14H2,1-4H3,(H,24,27). The topological polar surface area (TPSA) is 58.6 Å². The van der Waals surface area contributed by atoms with Crippen molar-refractivity contribution in [2.75, 3.05) is 16.8 Å². The first-order valence-electron chi connectivity index (χ1n) is 9.73. The molecule has 0 spiro atoms. The van der Waals surface area contributed by atoms with Crippen LogP contribution >= 0.6 is 0 Å². The molecule has 5 heteroatoms. The number of nitrogens with zero attached hydrogens (tertiary/aromatic N) is 1. The molecular formula is C23H28N2O3. The minimum Gasteiger partial charge on any atom is -0.479 e. The zero-order chi connectivity index (χ0) is 20.3. The summed E-state index contributed by atoms with van der Waals surface area (Å²) in [6, 6.07) is 15.7. The molecule has 0 aliphatic carbocycles. The van der Waals surface area contributed by atoms with Crippen molar-refractivity contribution in [3.8, 4) is 5.75 Å². The van der Waals surface area contributed by atoms with E-state index in [1.165, 1.54) is 5.56 Å². The lowest BCUT2D eigenvalue weighted by molar-refractivity contribution is -0.125. The SMILES string of the molecule is CC1Oc2ccc(NC(=O)C(C)(C)C)cc2N(CCCc2ccccc2)C1=O. The molecule has 1 N–H and O–H groups in total. The van der Waals surface area contributed by atoms with Crippen LogP contribution < -0.4 is 15.0 Å². The van der Waals surface area contributed by atoms with Gasteiger partial charge in [0.2, 0.25) is 5.91 Å². The van der Waals surface area contributed by atoms with Gasteiger partial charge in [-0.05, 0) is 43.5 Å². The summed E-state index contributed by atoms with van der Waals surface area (Å²) >= 11 is 0. The number of benzene rings is 2. The van der Waals surface area contributed by atoms with Crippen LogP contribution in [0.2, 0.25) is 0 Å². The van der Waals surface area contributed by atoms with Crippen LogP contribution in [-0.4, -0.2) is 24.5 Å². The molecule has 1 heterocycles. The Balaban J connectivity index is 1.78. The highest BCUT2D eigenvalue weighted by molar-refractivity contribution is 6.01. The normalized spacial score (nSPS) is 16.4. The van der Waals surface area contributed by atoms with Gasteiger partial charge >= 0.3 is 0 Å². The van der Waals surface area contributed by atoms with Crippen LogP contribution in [0.4, 0.5) is 11.4 Å². The van der Waals surface area contributed by atoms with Crippen LogP contribution in [-0.2, 0) is 16.0 Å². The third-order valence-electron chi connectivity index (χ3n) is 4.80. The quantitative estimate of drug-likeness (QED) is 0.835. The molecule has 0 saturated heterocycles. The first kappa shape index (κ1) is 19.9. The van der Waals surface area contributed by atoms with Gasteiger partial charge in [0.25, 0.3) is 5.91 Å². The molecule has 1 aliphatic heterocycles. The number of aryl methyl sites for hydroxylation is 1. The Labute approximate surface area is 166 Å². The highest BCUT2D eigenvalue weighted by atomic mass is 16.5. The van der Waals surface area contributed by atoms with Crippen LogP contribution in [0.1, 0.15) is 39.7 Å². The fourth-order valence-electron chi connectivity index (χ4n) is 3.12. The lowest BCUT2D eigenvalue weighted by Crippen LogP contribution is -2.45. The maximum absolute atomic E-state index is 12.7. The van der Waals surface area contributed by atoms with Gasteiger partial charge < -0.3 is 15.0 Å². The molecule has 2 aromatic carbocycles. The first-order chi connectivity index (χ1) is 13.3. The van der Waals surface area contributed by atoms with E-state index in [-0.39, 0.29) is 11.8 Å². The second-order valence-corrected chi connectivity index (χ2v) is 8.23. The van der Waals surface area contributed by atoms with Crippen LogP contribution in [0, 0.1) is 5.41 Å². The molecule has 1 aliphatic rings. The maximum atomic E-state index is 12.7. The molecule has 1 atom stereocenters. The molecule has 0 fully saturated rings. The van der Waals surface area contributed by atoms with E-state index in [1.807, 2.05) is 57.2 Å². The Morgan fingerprint density at radius 1 is 1.14 bits per heavy atom. The Morgan fingerprint density at radius 2 is 1.86 bits per heavy atom. The van der Waals surface area contributed by atoms with Gasteiger partial charge in [0.05, 0.1) is 5.69 Å². The number of amides is 2. The van der Waals surface area contributed by atoms with Gasteiger partial charge in [0.1, 0.15) is 5.75 Å². The van der Waals surface area contributed by atoms with Gasteiger partial charge in [-0.25, -0.2) is 0 Å². The molecule has 5 nitrogen and oxygen atoms in total. The summed E-state index contributed by atoms with van der Waals surface area (Å²) in [5.74, 6) is 0.542. The number of rotatable bonds is 5. The molecule has 0 saturated carbocycles. The second kappa shape index (κ2) is 8.05. The fourth-order valence-corrected chi connectivity index (χ4v) is 3.12. The molecule has 1 unspecified atom stereocenters. The van der Waals surface area contributed by atoms with E-state index in [4.69, 9.17) is 4.74 Å². The number of carbonyl (C=O) groups is 2. The number of hydrogen-bond acceptors (Lipinski definition) is 3. The van der Waals surface area contributed by atoms with E-state index in [2.05, 4.69) is 17.4 Å². The summed E-state index contributed by atoms with van der Waals surface area (Å²) in [4.78, 5) is 26.8. The number of ether oxygens (including phenoxy) is 1. The molecule has 0 bridgehead atoms. The van der Waals surface area contributed by atoms with Crippen molar-refractivity contribution in [2.45, 2.75) is 46.6 Å². The van der Waals surface area contributed by atoms with E-state index in [0.717, 1.165) is 12.8 Å². The number of nitrogens with one attached hydrogen (secondary N) is 1. The smallest absolute Gasteiger partial charge is 0.267 e. The van der Waals surface area contributed by atoms with Gasteiger partial charge in [0, 0.05) is 17.6 Å². The summed E-state index contributed by atoms with van der Waals surface area (Å²) in [7, 11) is 0. The van der Waals surface area contributed by atoms with Gasteiger partial charge in [-0.15, -0.1) is 0 Å². The van der Waals surface area contributed by atoms with Crippen molar-refractivity contribution in [3.05, 3.63) is 54.1 Å². The van der Waals surface area contributed by atoms with Crippen LogP contribution in [0.5, 0.6) is 5.75 Å². The molecular weight excluding hydrogens is 352 g/mol. The predicted molar refractivity (Wildman–Crippen MR) is 112 cm³/mol. The number of hydrogen-bond donors (Lipinski definition) is 1. The predicted octanol–water partition coefficient (Wildman–Crippen LogP) is 4.42. The molecule has 3 rings (SSSR count). The minimum atomic E-state index is -0.515. The average Bonchev–Trinajstić information content (AvgIpc) is 2.65. The van der Waals surface area contributed by atoms with Crippen LogP contribution in [0.3, 0.4) is 0 Å². The zero-order valence-corrected chi connectivity index (χ0v) is 17.0. The Bertz CT molecular complexity index is 856. The molecule has 28 heavy (non-hydrogen) atoms. The monoisotopic (exact) mass is 380 g/mol. The second-order valence-electron chi connectivity index (χ2n) is 8.23. The third kappa shape index (κ3) is 4.53. The van der Waals surface area contributed by atoms with Gasteiger partial charge in [-0.2, -0.15) is 0 Å². The highest BCUT2D eigenvalue weighted by Crippen LogP contribution is 2.37. The lowest BCUT2D eigenvalue weighted by atomic mass is 9.95. The third-order valence-corrected chi connectivity index (χ3v) is 4.80. The highest BCUT2D eigenvalue weighted by Gasteiger charge is 2.31. The van der Waals surface area contributed by atoms with Crippen LogP contribution in [0.25, 0.3) is 0 Å².